The van der Waals surface area contributed by atoms with Crippen LogP contribution in [-0.2, 0) is 19.2 Å². The van der Waals surface area contributed by atoms with E-state index in [1.54, 1.807) is 6.92 Å². The van der Waals surface area contributed by atoms with Crippen LogP contribution < -0.4 is 0 Å². The number of ketones is 4. The summed E-state index contributed by atoms with van der Waals surface area (Å²) < 4.78 is 0. The molecule has 4 saturated carbocycles. The van der Waals surface area contributed by atoms with E-state index in [0.717, 1.165) is 25.7 Å². The lowest BCUT2D eigenvalue weighted by Gasteiger charge is -2.55. The van der Waals surface area contributed by atoms with Crippen LogP contribution in [0.25, 0.3) is 0 Å². The third kappa shape index (κ3) is 1.62. The average molecular weight is 288 g/mol. The van der Waals surface area contributed by atoms with E-state index in [1.807, 2.05) is 0 Å². The van der Waals surface area contributed by atoms with E-state index in [4.69, 9.17) is 0 Å². The van der Waals surface area contributed by atoms with Crippen molar-refractivity contribution in [1.29, 1.82) is 0 Å². The Kier molecular flexibility index (Phi) is 2.76. The van der Waals surface area contributed by atoms with E-state index in [2.05, 4.69) is 0 Å². The van der Waals surface area contributed by atoms with Crippen LogP contribution in [0.4, 0.5) is 0 Å². The zero-order valence-corrected chi connectivity index (χ0v) is 12.2. The van der Waals surface area contributed by atoms with Gasteiger partial charge in [0.05, 0.1) is 12.3 Å². The van der Waals surface area contributed by atoms with Gasteiger partial charge in [0.25, 0.3) is 0 Å². The van der Waals surface area contributed by atoms with Crippen molar-refractivity contribution in [3.8, 4) is 0 Å². The van der Waals surface area contributed by atoms with Crippen LogP contribution in [0, 0.1) is 41.4 Å². The Labute approximate surface area is 123 Å². The van der Waals surface area contributed by atoms with Gasteiger partial charge in [0.2, 0.25) is 0 Å². The molecule has 0 amide bonds. The van der Waals surface area contributed by atoms with Gasteiger partial charge >= 0.3 is 0 Å². The normalized spacial score (nSPS) is 49.1. The molecule has 4 aliphatic rings. The highest BCUT2D eigenvalue weighted by atomic mass is 16.2. The zero-order valence-electron chi connectivity index (χ0n) is 12.2. The van der Waals surface area contributed by atoms with Crippen molar-refractivity contribution in [2.45, 2.75) is 39.0 Å². The molecule has 4 unspecified atom stereocenters. The second-order valence-corrected chi connectivity index (χ2v) is 7.37. The van der Waals surface area contributed by atoms with Gasteiger partial charge in [-0.05, 0) is 44.4 Å². The van der Waals surface area contributed by atoms with E-state index in [1.165, 1.54) is 0 Å². The molecule has 0 radical (unpaired) electrons. The minimum absolute atomic E-state index is 0.0309. The molecular weight excluding hydrogens is 268 g/mol. The SMILES string of the molecule is CC1C(=O)C2CCC3C(=O)CC(=O)C4CCC(C1=O)C2C34. The van der Waals surface area contributed by atoms with Crippen LogP contribution >= 0.6 is 0 Å². The summed E-state index contributed by atoms with van der Waals surface area (Å²) in [5.41, 5.74) is 0. The maximum absolute atomic E-state index is 12.5. The van der Waals surface area contributed by atoms with Gasteiger partial charge in [0.15, 0.2) is 0 Å². The van der Waals surface area contributed by atoms with Gasteiger partial charge in [-0.1, -0.05) is 0 Å². The highest BCUT2D eigenvalue weighted by molar-refractivity contribution is 6.08. The summed E-state index contributed by atoms with van der Waals surface area (Å²) in [6.07, 6.45) is 2.99. The minimum atomic E-state index is -0.487. The Bertz CT molecular complexity index is 517. The van der Waals surface area contributed by atoms with Gasteiger partial charge in [-0.25, -0.2) is 0 Å². The van der Waals surface area contributed by atoms with Gasteiger partial charge in [-0.2, -0.15) is 0 Å². The lowest BCUT2D eigenvalue weighted by molar-refractivity contribution is -0.166. The number of rotatable bonds is 0. The lowest BCUT2D eigenvalue weighted by Crippen LogP contribution is -2.60. The Morgan fingerprint density at radius 2 is 1.05 bits per heavy atom. The van der Waals surface area contributed by atoms with Crippen molar-refractivity contribution in [2.24, 2.45) is 41.4 Å². The molecule has 0 heterocycles. The molecule has 0 bridgehead atoms. The Hall–Kier alpha value is -1.32. The van der Waals surface area contributed by atoms with Gasteiger partial charge < -0.3 is 0 Å². The molecule has 0 spiro atoms. The Morgan fingerprint density at radius 3 is 1.52 bits per heavy atom. The van der Waals surface area contributed by atoms with Gasteiger partial charge in [-0.15, -0.1) is 0 Å². The summed E-state index contributed by atoms with van der Waals surface area (Å²) >= 11 is 0. The summed E-state index contributed by atoms with van der Waals surface area (Å²) in [5.74, 6) is -0.662. The molecule has 4 rings (SSSR count). The molecule has 0 aromatic rings. The zero-order chi connectivity index (χ0) is 14.9. The predicted octanol–water partition coefficient (Wildman–Crippen LogP) is 1.60. The third-order valence-electron chi connectivity index (χ3n) is 6.64. The van der Waals surface area contributed by atoms with Crippen LogP contribution in [0.15, 0.2) is 0 Å². The molecule has 4 atom stereocenters. The molecule has 0 aliphatic heterocycles. The first-order valence-corrected chi connectivity index (χ1v) is 8.13. The summed E-state index contributed by atoms with van der Waals surface area (Å²) in [7, 11) is 0. The standard InChI is InChI=1S/C17H20O4/c1-7-16(20)10-4-2-8-12(18)6-13(19)9-3-5-11(17(7)21)15(10)14(8)9/h7-11,14-15H,2-6H2,1H3. The van der Waals surface area contributed by atoms with Crippen molar-refractivity contribution in [2.75, 3.05) is 0 Å². The highest BCUT2D eigenvalue weighted by Crippen LogP contribution is 2.57. The number of carbonyl (C=O) groups excluding carboxylic acids is 4. The fourth-order valence-electron chi connectivity index (χ4n) is 5.75. The van der Waals surface area contributed by atoms with Crippen LogP contribution in [0.5, 0.6) is 0 Å². The molecule has 4 fully saturated rings. The van der Waals surface area contributed by atoms with Crippen LogP contribution in [0.1, 0.15) is 39.0 Å². The average Bonchev–Trinajstić information content (AvgIpc) is 2.48. The monoisotopic (exact) mass is 288 g/mol. The molecule has 4 aliphatic carbocycles. The Balaban J connectivity index is 1.79. The van der Waals surface area contributed by atoms with Crippen LogP contribution in [-0.4, -0.2) is 23.1 Å². The van der Waals surface area contributed by atoms with E-state index < -0.39 is 5.92 Å². The molecule has 0 aromatic carbocycles. The fourth-order valence-corrected chi connectivity index (χ4v) is 5.75. The number of Topliss-reactive ketones (excluding diaryl/α,β-unsaturated/α-hetero) is 4. The van der Waals surface area contributed by atoms with E-state index in [-0.39, 0.29) is 65.1 Å². The summed E-state index contributed by atoms with van der Waals surface area (Å²) in [4.78, 5) is 49.4. The second kappa shape index (κ2) is 4.34. The molecule has 0 aromatic heterocycles. The van der Waals surface area contributed by atoms with Gasteiger partial charge in [-0.3, -0.25) is 19.2 Å². The van der Waals surface area contributed by atoms with E-state index in [9.17, 15) is 19.2 Å². The van der Waals surface area contributed by atoms with Crippen LogP contribution in [0.3, 0.4) is 0 Å². The first-order valence-electron chi connectivity index (χ1n) is 8.13. The summed E-state index contributed by atoms with van der Waals surface area (Å²) in [6.45, 7) is 1.73. The van der Waals surface area contributed by atoms with Crippen molar-refractivity contribution in [1.82, 2.24) is 0 Å². The van der Waals surface area contributed by atoms with Crippen molar-refractivity contribution in [3.63, 3.8) is 0 Å². The molecule has 112 valence electrons. The first kappa shape index (κ1) is 13.4. The first-order chi connectivity index (χ1) is 10.0. The van der Waals surface area contributed by atoms with Crippen molar-refractivity contribution < 1.29 is 19.2 Å². The maximum Gasteiger partial charge on any atom is 0.146 e. The number of hydrogen-bond acceptors (Lipinski definition) is 4. The molecular formula is C17H20O4. The van der Waals surface area contributed by atoms with Gasteiger partial charge in [0, 0.05) is 23.7 Å². The molecule has 21 heavy (non-hydrogen) atoms. The highest BCUT2D eigenvalue weighted by Gasteiger charge is 2.60. The van der Waals surface area contributed by atoms with Crippen LogP contribution in [0.2, 0.25) is 0 Å². The lowest BCUT2D eigenvalue weighted by atomic mass is 9.46. The van der Waals surface area contributed by atoms with Crippen molar-refractivity contribution >= 4 is 23.1 Å². The number of hydrogen-bond donors (Lipinski definition) is 0. The second-order valence-electron chi connectivity index (χ2n) is 7.37. The van der Waals surface area contributed by atoms with Gasteiger partial charge in [0.1, 0.15) is 23.1 Å². The molecule has 0 N–H and O–H groups in total. The third-order valence-corrected chi connectivity index (χ3v) is 6.64. The summed E-state index contributed by atoms with van der Waals surface area (Å²) in [5, 5.41) is 0. The smallest absolute Gasteiger partial charge is 0.146 e. The topological polar surface area (TPSA) is 68.3 Å². The maximum atomic E-state index is 12.5. The molecule has 0 saturated heterocycles. The van der Waals surface area contributed by atoms with E-state index >= 15 is 0 Å². The number of carbonyl (C=O) groups is 4. The minimum Gasteiger partial charge on any atom is -0.299 e. The quantitative estimate of drug-likeness (QED) is 0.635. The summed E-state index contributed by atoms with van der Waals surface area (Å²) in [6, 6.07) is 0. The largest absolute Gasteiger partial charge is 0.299 e. The fraction of sp³-hybridized carbons (Fsp3) is 0.765. The molecule has 4 nitrogen and oxygen atoms in total. The van der Waals surface area contributed by atoms with Crippen molar-refractivity contribution in [3.05, 3.63) is 0 Å². The van der Waals surface area contributed by atoms with E-state index in [0.29, 0.717) is 0 Å². The molecule has 4 heteroatoms. The predicted molar refractivity (Wildman–Crippen MR) is 73.2 cm³/mol. The Morgan fingerprint density at radius 1 is 0.667 bits per heavy atom.